The Balaban J connectivity index is 1.83. The second kappa shape index (κ2) is 8.50. The van der Waals surface area contributed by atoms with Crippen molar-refractivity contribution < 1.29 is 4.79 Å². The van der Waals surface area contributed by atoms with Gasteiger partial charge in [-0.25, -0.2) is 0 Å². The lowest BCUT2D eigenvalue weighted by Gasteiger charge is -2.41. The Morgan fingerprint density at radius 2 is 1.65 bits per heavy atom. The summed E-state index contributed by atoms with van der Waals surface area (Å²) in [7, 11) is 4.29. The molecule has 0 saturated heterocycles. The van der Waals surface area contributed by atoms with Crippen molar-refractivity contribution in [3.63, 3.8) is 0 Å². The largest absolute Gasteiger partial charge is 0.349 e. The van der Waals surface area contributed by atoms with Crippen molar-refractivity contribution >= 4 is 5.91 Å². The molecular formula is C23H30N2O. The van der Waals surface area contributed by atoms with Crippen LogP contribution in [0.4, 0.5) is 0 Å². The smallest absolute Gasteiger partial charge is 0.251 e. The fourth-order valence-electron chi connectivity index (χ4n) is 4.37. The Bertz CT molecular complexity index is 726. The van der Waals surface area contributed by atoms with Crippen LogP contribution in [-0.4, -0.2) is 30.9 Å². The first-order chi connectivity index (χ1) is 12.6. The number of hydrogen-bond acceptors (Lipinski definition) is 2. The lowest BCUT2D eigenvalue weighted by Crippen LogP contribution is -2.47. The van der Waals surface area contributed by atoms with Crippen molar-refractivity contribution in [2.75, 3.05) is 14.1 Å². The van der Waals surface area contributed by atoms with E-state index >= 15 is 0 Å². The third-order valence-corrected chi connectivity index (χ3v) is 5.63. The summed E-state index contributed by atoms with van der Waals surface area (Å²) >= 11 is 0. The number of hydrogen-bond donors (Lipinski definition) is 1. The number of nitrogens with one attached hydrogen (secondary N) is 1. The monoisotopic (exact) mass is 350 g/mol. The molecule has 3 nitrogen and oxygen atoms in total. The van der Waals surface area contributed by atoms with Crippen LogP contribution in [0.15, 0.2) is 54.6 Å². The van der Waals surface area contributed by atoms with Crippen molar-refractivity contribution in [2.24, 2.45) is 5.92 Å². The van der Waals surface area contributed by atoms with Gasteiger partial charge in [0, 0.05) is 17.6 Å². The molecule has 0 radical (unpaired) electrons. The number of aryl methyl sites for hydroxylation is 1. The molecule has 3 atom stereocenters. The van der Waals surface area contributed by atoms with Crippen molar-refractivity contribution in [1.29, 1.82) is 0 Å². The molecule has 1 amide bonds. The topological polar surface area (TPSA) is 32.3 Å². The molecule has 1 saturated carbocycles. The van der Waals surface area contributed by atoms with Crippen LogP contribution in [0, 0.1) is 12.8 Å². The highest BCUT2D eigenvalue weighted by Gasteiger charge is 2.35. The highest BCUT2D eigenvalue weighted by atomic mass is 16.1. The summed E-state index contributed by atoms with van der Waals surface area (Å²) in [6, 6.07) is 19.1. The second-order valence-electron chi connectivity index (χ2n) is 7.66. The summed E-state index contributed by atoms with van der Waals surface area (Å²) in [5.74, 6) is 0.486. The molecule has 0 aliphatic heterocycles. The van der Waals surface area contributed by atoms with Crippen LogP contribution >= 0.6 is 0 Å². The summed E-state index contributed by atoms with van der Waals surface area (Å²) < 4.78 is 0. The Morgan fingerprint density at radius 1 is 1.00 bits per heavy atom. The van der Waals surface area contributed by atoms with Crippen molar-refractivity contribution in [3.8, 4) is 0 Å². The average molecular weight is 351 g/mol. The van der Waals surface area contributed by atoms with Crippen LogP contribution in [0.1, 0.15) is 53.2 Å². The molecule has 0 aromatic heterocycles. The molecule has 3 rings (SSSR count). The van der Waals surface area contributed by atoms with Crippen molar-refractivity contribution in [1.82, 2.24) is 10.2 Å². The van der Waals surface area contributed by atoms with E-state index in [0.29, 0.717) is 12.0 Å². The predicted molar refractivity (Wildman–Crippen MR) is 107 cm³/mol. The van der Waals surface area contributed by atoms with Gasteiger partial charge in [-0.05, 0) is 57.0 Å². The Kier molecular flexibility index (Phi) is 6.10. The minimum atomic E-state index is 0.0607. The molecular weight excluding hydrogens is 320 g/mol. The fraction of sp³-hybridized carbons (Fsp3) is 0.435. The molecule has 26 heavy (non-hydrogen) atoms. The normalized spacial score (nSPS) is 21.4. The van der Waals surface area contributed by atoms with Gasteiger partial charge in [-0.3, -0.25) is 4.79 Å². The van der Waals surface area contributed by atoms with Crippen LogP contribution in [0.2, 0.25) is 0 Å². The summed E-state index contributed by atoms with van der Waals surface area (Å²) in [5.41, 5.74) is 3.15. The van der Waals surface area contributed by atoms with E-state index in [1.807, 2.05) is 31.2 Å². The van der Waals surface area contributed by atoms with Crippen LogP contribution in [0.3, 0.4) is 0 Å². The van der Waals surface area contributed by atoms with Gasteiger partial charge in [-0.1, -0.05) is 61.4 Å². The number of nitrogens with zero attached hydrogens (tertiary/aromatic N) is 1. The lowest BCUT2D eigenvalue weighted by atomic mass is 9.77. The molecule has 1 fully saturated rings. The zero-order valence-electron chi connectivity index (χ0n) is 16.1. The van der Waals surface area contributed by atoms with Gasteiger partial charge >= 0.3 is 0 Å². The number of carbonyl (C=O) groups is 1. The molecule has 0 heterocycles. The van der Waals surface area contributed by atoms with E-state index in [9.17, 15) is 4.79 Å². The molecule has 1 aliphatic carbocycles. The molecule has 2 aromatic carbocycles. The number of amides is 1. The maximum absolute atomic E-state index is 12.9. The molecule has 2 aromatic rings. The third-order valence-electron chi connectivity index (χ3n) is 5.63. The average Bonchev–Trinajstić information content (AvgIpc) is 2.64. The van der Waals surface area contributed by atoms with Gasteiger partial charge in [0.2, 0.25) is 0 Å². The van der Waals surface area contributed by atoms with E-state index in [2.05, 4.69) is 54.6 Å². The van der Waals surface area contributed by atoms with Crippen LogP contribution in [0.5, 0.6) is 0 Å². The van der Waals surface area contributed by atoms with Gasteiger partial charge in [-0.2, -0.15) is 0 Å². The van der Waals surface area contributed by atoms with Crippen LogP contribution in [-0.2, 0) is 0 Å². The maximum Gasteiger partial charge on any atom is 0.251 e. The minimum Gasteiger partial charge on any atom is -0.349 e. The first-order valence-corrected chi connectivity index (χ1v) is 9.66. The fourth-order valence-corrected chi connectivity index (χ4v) is 4.37. The Labute approximate surface area is 157 Å². The summed E-state index contributed by atoms with van der Waals surface area (Å²) in [5, 5.41) is 3.37. The van der Waals surface area contributed by atoms with Gasteiger partial charge in [0.25, 0.3) is 5.91 Å². The molecule has 3 heteroatoms. The highest BCUT2D eigenvalue weighted by Crippen LogP contribution is 2.37. The zero-order chi connectivity index (χ0) is 18.5. The summed E-state index contributed by atoms with van der Waals surface area (Å²) in [6.07, 6.45) is 4.62. The van der Waals surface area contributed by atoms with Crippen LogP contribution in [0.25, 0.3) is 0 Å². The van der Waals surface area contributed by atoms with Gasteiger partial charge in [0.1, 0.15) is 0 Å². The van der Waals surface area contributed by atoms with E-state index in [0.717, 1.165) is 24.0 Å². The Morgan fingerprint density at radius 3 is 2.35 bits per heavy atom. The molecule has 1 N–H and O–H groups in total. The molecule has 1 aliphatic rings. The lowest BCUT2D eigenvalue weighted by molar-refractivity contribution is 0.0845. The molecule has 138 valence electrons. The standard InChI is InChI=1S/C23H30N2O/c1-17-11-7-8-14-19(17)23(26)24-21-16-10-9-15-20(21)22(25(2)3)18-12-5-4-6-13-18/h4-8,11-14,20-22H,9-10,15-16H2,1-3H3,(H,24,26)/t20-,21-,22?/m1/s1. The van der Waals surface area contributed by atoms with E-state index in [-0.39, 0.29) is 11.9 Å². The SMILES string of the molecule is Cc1ccccc1C(=O)N[C@@H]1CCCC[C@H]1C(c1ccccc1)N(C)C. The van der Waals surface area contributed by atoms with E-state index in [1.165, 1.54) is 18.4 Å². The van der Waals surface area contributed by atoms with Gasteiger partial charge in [0.15, 0.2) is 0 Å². The van der Waals surface area contributed by atoms with Crippen LogP contribution < -0.4 is 5.32 Å². The van der Waals surface area contributed by atoms with E-state index in [4.69, 9.17) is 0 Å². The number of rotatable bonds is 5. The second-order valence-corrected chi connectivity index (χ2v) is 7.66. The van der Waals surface area contributed by atoms with Crippen molar-refractivity contribution in [2.45, 2.75) is 44.7 Å². The highest BCUT2D eigenvalue weighted by molar-refractivity contribution is 5.95. The number of benzene rings is 2. The zero-order valence-corrected chi connectivity index (χ0v) is 16.1. The first kappa shape index (κ1) is 18.7. The van der Waals surface area contributed by atoms with E-state index in [1.54, 1.807) is 0 Å². The van der Waals surface area contributed by atoms with Gasteiger partial charge in [0.05, 0.1) is 0 Å². The summed E-state index contributed by atoms with van der Waals surface area (Å²) in [4.78, 5) is 15.2. The third kappa shape index (κ3) is 4.16. The molecule has 0 spiro atoms. The van der Waals surface area contributed by atoms with Gasteiger partial charge < -0.3 is 10.2 Å². The Hall–Kier alpha value is -2.13. The number of carbonyl (C=O) groups excluding carboxylic acids is 1. The quantitative estimate of drug-likeness (QED) is 0.855. The predicted octanol–water partition coefficient (Wildman–Crippen LogP) is 4.59. The molecule has 0 bridgehead atoms. The van der Waals surface area contributed by atoms with Gasteiger partial charge in [-0.15, -0.1) is 0 Å². The minimum absolute atomic E-state index is 0.0607. The molecule has 1 unspecified atom stereocenters. The van der Waals surface area contributed by atoms with E-state index < -0.39 is 0 Å². The summed E-state index contributed by atoms with van der Waals surface area (Å²) in [6.45, 7) is 2.00. The first-order valence-electron chi connectivity index (χ1n) is 9.66. The maximum atomic E-state index is 12.9. The van der Waals surface area contributed by atoms with Crippen molar-refractivity contribution in [3.05, 3.63) is 71.3 Å².